The van der Waals surface area contributed by atoms with E-state index in [2.05, 4.69) is 21.7 Å². The molecule has 0 aliphatic carbocycles. The van der Waals surface area contributed by atoms with Gasteiger partial charge in [0.1, 0.15) is 0 Å². The summed E-state index contributed by atoms with van der Waals surface area (Å²) in [7, 11) is 0. The zero-order valence-electron chi connectivity index (χ0n) is 13.6. The fourth-order valence-corrected chi connectivity index (χ4v) is 2.65. The lowest BCUT2D eigenvalue weighted by atomic mass is 10.1. The monoisotopic (exact) mass is 325 g/mol. The van der Waals surface area contributed by atoms with Crippen molar-refractivity contribution < 1.29 is 9.21 Å². The topological polar surface area (TPSA) is 87.1 Å². The average molecular weight is 325 g/mol. The van der Waals surface area contributed by atoms with Crippen LogP contribution < -0.4 is 16.4 Å². The smallest absolute Gasteiger partial charge is 0.408 e. The number of hydrogen-bond acceptors (Lipinski definition) is 4. The van der Waals surface area contributed by atoms with Gasteiger partial charge in [-0.1, -0.05) is 6.07 Å². The predicted octanol–water partition coefficient (Wildman–Crippen LogP) is 3.18. The molecule has 0 aliphatic heterocycles. The van der Waals surface area contributed by atoms with Crippen LogP contribution in [0.4, 0.5) is 11.4 Å². The van der Waals surface area contributed by atoms with E-state index in [1.165, 1.54) is 11.1 Å². The summed E-state index contributed by atoms with van der Waals surface area (Å²) < 4.78 is 4.93. The molecule has 3 aromatic rings. The van der Waals surface area contributed by atoms with E-state index in [9.17, 15) is 9.59 Å². The van der Waals surface area contributed by atoms with E-state index in [-0.39, 0.29) is 5.91 Å². The normalized spacial score (nSPS) is 10.8. The Labute approximate surface area is 138 Å². The van der Waals surface area contributed by atoms with E-state index >= 15 is 0 Å². The first-order valence-electron chi connectivity index (χ1n) is 7.74. The molecule has 0 saturated carbocycles. The molecule has 2 aromatic carbocycles. The number of amides is 1. The second kappa shape index (κ2) is 6.62. The fourth-order valence-electron chi connectivity index (χ4n) is 2.65. The van der Waals surface area contributed by atoms with Crippen LogP contribution >= 0.6 is 0 Å². The number of fused-ring (bicyclic) bond motifs is 1. The molecule has 1 aromatic heterocycles. The quantitative estimate of drug-likeness (QED) is 0.672. The van der Waals surface area contributed by atoms with Gasteiger partial charge in [-0.15, -0.1) is 0 Å². The van der Waals surface area contributed by atoms with Crippen molar-refractivity contribution in [3.63, 3.8) is 0 Å². The van der Waals surface area contributed by atoms with Gasteiger partial charge in [-0.05, 0) is 55.3 Å². The van der Waals surface area contributed by atoms with Crippen molar-refractivity contribution in [2.45, 2.75) is 20.3 Å². The number of anilines is 2. The molecule has 0 atom stereocenters. The standard InChI is InChI=1S/C18H19N3O3/c1-11-7-12(2)9-14(8-11)19-6-5-17(22)20-13-3-4-16-15(10-13)21-18(23)24-16/h3-4,7-10,19H,5-6H2,1-2H3,(H,20,22)(H,21,23). The van der Waals surface area contributed by atoms with Crippen molar-refractivity contribution in [3.8, 4) is 0 Å². The maximum atomic E-state index is 12.0. The van der Waals surface area contributed by atoms with E-state index < -0.39 is 5.76 Å². The van der Waals surface area contributed by atoms with Crippen LogP contribution in [0.5, 0.6) is 0 Å². The summed E-state index contributed by atoms with van der Waals surface area (Å²) in [5, 5.41) is 6.06. The number of hydrogen-bond donors (Lipinski definition) is 3. The van der Waals surface area contributed by atoms with Gasteiger partial charge in [-0.25, -0.2) is 4.79 Å². The van der Waals surface area contributed by atoms with E-state index in [4.69, 9.17) is 4.42 Å². The van der Waals surface area contributed by atoms with Crippen LogP contribution in [-0.4, -0.2) is 17.4 Å². The molecule has 0 radical (unpaired) electrons. The number of nitrogens with one attached hydrogen (secondary N) is 3. The minimum atomic E-state index is -0.508. The Balaban J connectivity index is 1.55. The number of aryl methyl sites for hydroxylation is 2. The van der Waals surface area contributed by atoms with Crippen LogP contribution in [0.2, 0.25) is 0 Å². The SMILES string of the molecule is Cc1cc(C)cc(NCCC(=O)Nc2ccc3oc(=O)[nH]c3c2)c1. The van der Waals surface area contributed by atoms with Gasteiger partial charge in [-0.3, -0.25) is 9.78 Å². The minimum absolute atomic E-state index is 0.0999. The third-order valence-electron chi connectivity index (χ3n) is 3.61. The molecule has 3 rings (SSSR count). The Hall–Kier alpha value is -3.02. The number of carbonyl (C=O) groups is 1. The number of carbonyl (C=O) groups excluding carboxylic acids is 1. The molecule has 0 unspecified atom stereocenters. The number of aromatic amines is 1. The molecule has 0 fully saturated rings. The zero-order valence-corrected chi connectivity index (χ0v) is 13.6. The maximum absolute atomic E-state index is 12.0. The van der Waals surface area contributed by atoms with Crippen molar-refractivity contribution in [2.75, 3.05) is 17.2 Å². The number of H-pyrrole nitrogens is 1. The number of aromatic nitrogens is 1. The molecule has 0 aliphatic rings. The fraction of sp³-hybridized carbons (Fsp3) is 0.222. The predicted molar refractivity (Wildman–Crippen MR) is 94.5 cm³/mol. The van der Waals surface area contributed by atoms with Crippen LogP contribution in [0.1, 0.15) is 17.5 Å². The van der Waals surface area contributed by atoms with Gasteiger partial charge in [-0.2, -0.15) is 0 Å². The van der Waals surface area contributed by atoms with Gasteiger partial charge in [0.25, 0.3) is 0 Å². The zero-order chi connectivity index (χ0) is 17.1. The summed E-state index contributed by atoms with van der Waals surface area (Å²) in [5.74, 6) is -0.608. The molecule has 124 valence electrons. The third kappa shape index (κ3) is 3.84. The van der Waals surface area contributed by atoms with Crippen LogP contribution in [0, 0.1) is 13.8 Å². The van der Waals surface area contributed by atoms with Crippen LogP contribution in [0.3, 0.4) is 0 Å². The highest BCUT2D eigenvalue weighted by atomic mass is 16.4. The van der Waals surface area contributed by atoms with Gasteiger partial charge in [0.05, 0.1) is 5.52 Å². The Bertz CT molecular complexity index is 920. The van der Waals surface area contributed by atoms with Crippen molar-refractivity contribution in [1.82, 2.24) is 4.98 Å². The molecule has 0 bridgehead atoms. The third-order valence-corrected chi connectivity index (χ3v) is 3.61. The first-order valence-corrected chi connectivity index (χ1v) is 7.74. The number of benzene rings is 2. The molecule has 0 saturated heterocycles. The molecule has 6 nitrogen and oxygen atoms in total. The van der Waals surface area contributed by atoms with Crippen molar-refractivity contribution in [2.24, 2.45) is 0 Å². The summed E-state index contributed by atoms with van der Waals surface area (Å²) in [6.07, 6.45) is 0.340. The van der Waals surface area contributed by atoms with Crippen molar-refractivity contribution in [1.29, 1.82) is 0 Å². The highest BCUT2D eigenvalue weighted by Crippen LogP contribution is 2.16. The van der Waals surface area contributed by atoms with Gasteiger partial charge in [0.2, 0.25) is 5.91 Å². The van der Waals surface area contributed by atoms with Gasteiger partial charge >= 0.3 is 5.76 Å². The highest BCUT2D eigenvalue weighted by molar-refractivity contribution is 5.92. The van der Waals surface area contributed by atoms with E-state index in [1.807, 2.05) is 26.0 Å². The van der Waals surface area contributed by atoms with E-state index in [0.29, 0.717) is 29.8 Å². The lowest BCUT2D eigenvalue weighted by Gasteiger charge is -2.09. The molecule has 0 spiro atoms. The summed E-state index contributed by atoms with van der Waals surface area (Å²) in [6.45, 7) is 4.63. The second-order valence-electron chi connectivity index (χ2n) is 5.83. The van der Waals surface area contributed by atoms with Gasteiger partial charge < -0.3 is 15.1 Å². The molecule has 24 heavy (non-hydrogen) atoms. The summed E-state index contributed by atoms with van der Waals surface area (Å²) in [5.41, 5.74) is 5.03. The highest BCUT2D eigenvalue weighted by Gasteiger charge is 2.06. The van der Waals surface area contributed by atoms with Crippen LogP contribution in [0.15, 0.2) is 45.6 Å². The molecular formula is C18H19N3O3. The Morgan fingerprint density at radius 1 is 1.08 bits per heavy atom. The lowest BCUT2D eigenvalue weighted by molar-refractivity contribution is -0.115. The van der Waals surface area contributed by atoms with Crippen molar-refractivity contribution >= 4 is 28.4 Å². The maximum Gasteiger partial charge on any atom is 0.417 e. The van der Waals surface area contributed by atoms with E-state index in [0.717, 1.165) is 5.69 Å². The Morgan fingerprint density at radius 3 is 2.58 bits per heavy atom. The van der Waals surface area contributed by atoms with Crippen molar-refractivity contribution in [3.05, 3.63) is 58.1 Å². The largest absolute Gasteiger partial charge is 0.417 e. The molecule has 6 heteroatoms. The Morgan fingerprint density at radius 2 is 1.83 bits per heavy atom. The summed E-state index contributed by atoms with van der Waals surface area (Å²) >= 11 is 0. The molecule has 3 N–H and O–H groups in total. The molecule has 1 heterocycles. The van der Waals surface area contributed by atoms with Crippen LogP contribution in [-0.2, 0) is 4.79 Å². The summed E-state index contributed by atoms with van der Waals surface area (Å²) in [4.78, 5) is 25.7. The number of rotatable bonds is 5. The number of oxazole rings is 1. The van der Waals surface area contributed by atoms with Gasteiger partial charge in [0.15, 0.2) is 5.58 Å². The lowest BCUT2D eigenvalue weighted by Crippen LogP contribution is -2.16. The summed E-state index contributed by atoms with van der Waals surface area (Å²) in [6, 6.07) is 11.2. The van der Waals surface area contributed by atoms with Crippen LogP contribution in [0.25, 0.3) is 11.1 Å². The Kier molecular flexibility index (Phi) is 4.37. The first kappa shape index (κ1) is 15.9. The first-order chi connectivity index (χ1) is 11.5. The minimum Gasteiger partial charge on any atom is -0.408 e. The van der Waals surface area contributed by atoms with E-state index in [1.54, 1.807) is 18.2 Å². The second-order valence-corrected chi connectivity index (χ2v) is 5.83. The van der Waals surface area contributed by atoms with Gasteiger partial charge in [0, 0.05) is 24.3 Å². The molecule has 1 amide bonds. The average Bonchev–Trinajstić information content (AvgIpc) is 2.85. The molecular weight excluding hydrogens is 306 g/mol.